The third-order valence-corrected chi connectivity index (χ3v) is 3.07. The summed E-state index contributed by atoms with van der Waals surface area (Å²) in [6.07, 6.45) is 1.61. The molecule has 0 aliphatic carbocycles. The van der Waals surface area contributed by atoms with Crippen LogP contribution in [0.25, 0.3) is 0 Å². The highest BCUT2D eigenvalue weighted by atomic mass is 32.1. The molecule has 0 aliphatic rings. The van der Waals surface area contributed by atoms with Crippen molar-refractivity contribution in [3.05, 3.63) is 47.5 Å². The number of rotatable bonds is 5. The zero-order valence-electron chi connectivity index (χ0n) is 10.6. The van der Waals surface area contributed by atoms with E-state index >= 15 is 0 Å². The normalized spacial score (nSPS) is 9.80. The molecule has 2 aromatic rings. The average molecular weight is 290 g/mol. The Morgan fingerprint density at radius 1 is 1.10 bits per heavy atom. The lowest BCUT2D eigenvalue weighted by molar-refractivity contribution is 0.0954. The van der Waals surface area contributed by atoms with E-state index in [1.807, 2.05) is 6.07 Å². The third kappa shape index (κ3) is 4.36. The lowest BCUT2D eigenvalue weighted by Gasteiger charge is -2.07. The number of thiazole rings is 1. The van der Waals surface area contributed by atoms with Gasteiger partial charge in [0.2, 0.25) is 0 Å². The maximum Gasteiger partial charge on any atom is 0.321 e. The van der Waals surface area contributed by atoms with Crippen molar-refractivity contribution < 1.29 is 9.59 Å². The Labute approximate surface area is 120 Å². The Balaban J connectivity index is 1.64. The topological polar surface area (TPSA) is 83.1 Å². The van der Waals surface area contributed by atoms with Crippen LogP contribution in [0.15, 0.2) is 41.9 Å². The largest absolute Gasteiger partial charge is 0.350 e. The van der Waals surface area contributed by atoms with Gasteiger partial charge >= 0.3 is 6.03 Å². The second-order valence-corrected chi connectivity index (χ2v) is 4.73. The third-order valence-electron chi connectivity index (χ3n) is 2.38. The summed E-state index contributed by atoms with van der Waals surface area (Å²) in [5, 5.41) is 10.2. The van der Waals surface area contributed by atoms with Gasteiger partial charge in [-0.25, -0.2) is 9.78 Å². The zero-order valence-corrected chi connectivity index (χ0v) is 11.4. The predicted molar refractivity (Wildman–Crippen MR) is 77.9 cm³/mol. The monoisotopic (exact) mass is 290 g/mol. The molecule has 0 spiro atoms. The molecule has 104 valence electrons. The van der Waals surface area contributed by atoms with Gasteiger partial charge in [-0.15, -0.1) is 11.3 Å². The van der Waals surface area contributed by atoms with Gasteiger partial charge in [0.1, 0.15) is 0 Å². The van der Waals surface area contributed by atoms with Crippen LogP contribution >= 0.6 is 11.3 Å². The van der Waals surface area contributed by atoms with E-state index < -0.39 is 0 Å². The van der Waals surface area contributed by atoms with E-state index in [1.165, 1.54) is 11.3 Å². The first-order valence-corrected chi connectivity index (χ1v) is 6.91. The SMILES string of the molecule is O=C(NCCNC(=O)c1ccccc1)Nc1nccs1. The standard InChI is InChI=1S/C13H14N4O2S/c18-11(10-4-2-1-3-5-10)14-6-7-15-12(19)17-13-16-8-9-20-13/h1-5,8-9H,6-7H2,(H,14,18)(H2,15,16,17,19). The number of amides is 3. The zero-order chi connectivity index (χ0) is 14.2. The smallest absolute Gasteiger partial charge is 0.321 e. The van der Waals surface area contributed by atoms with E-state index in [1.54, 1.807) is 35.8 Å². The van der Waals surface area contributed by atoms with E-state index in [0.717, 1.165) is 0 Å². The van der Waals surface area contributed by atoms with Crippen LogP contribution in [0.4, 0.5) is 9.93 Å². The minimum Gasteiger partial charge on any atom is -0.350 e. The van der Waals surface area contributed by atoms with Crippen LogP contribution in [0.2, 0.25) is 0 Å². The summed E-state index contributed by atoms with van der Waals surface area (Å²) in [6.45, 7) is 0.703. The van der Waals surface area contributed by atoms with E-state index in [-0.39, 0.29) is 11.9 Å². The molecule has 2 rings (SSSR count). The molecule has 0 saturated heterocycles. The second-order valence-electron chi connectivity index (χ2n) is 3.84. The number of anilines is 1. The van der Waals surface area contributed by atoms with Crippen LogP contribution < -0.4 is 16.0 Å². The molecule has 0 aliphatic heterocycles. The molecule has 0 unspecified atom stereocenters. The highest BCUT2D eigenvalue weighted by Crippen LogP contribution is 2.09. The lowest BCUT2D eigenvalue weighted by atomic mass is 10.2. The molecule has 0 fully saturated rings. The van der Waals surface area contributed by atoms with Crippen LogP contribution in [0.5, 0.6) is 0 Å². The number of nitrogens with zero attached hydrogens (tertiary/aromatic N) is 1. The summed E-state index contributed by atoms with van der Waals surface area (Å²) >= 11 is 1.34. The van der Waals surface area contributed by atoms with Crippen molar-refractivity contribution in [2.75, 3.05) is 18.4 Å². The molecule has 3 amide bonds. The Hall–Kier alpha value is -2.41. The van der Waals surface area contributed by atoms with Gasteiger partial charge < -0.3 is 10.6 Å². The van der Waals surface area contributed by atoms with Gasteiger partial charge in [0.05, 0.1) is 0 Å². The van der Waals surface area contributed by atoms with Crippen molar-refractivity contribution in [1.29, 1.82) is 0 Å². The van der Waals surface area contributed by atoms with Crippen molar-refractivity contribution in [3.63, 3.8) is 0 Å². The van der Waals surface area contributed by atoms with Gasteiger partial charge in [0, 0.05) is 30.2 Å². The van der Waals surface area contributed by atoms with Crippen molar-refractivity contribution in [2.24, 2.45) is 0 Å². The Kier molecular flexibility index (Phi) is 5.08. The second kappa shape index (κ2) is 7.25. The molecule has 3 N–H and O–H groups in total. The number of nitrogens with one attached hydrogen (secondary N) is 3. The molecule has 1 aromatic heterocycles. The lowest BCUT2D eigenvalue weighted by Crippen LogP contribution is -2.36. The minimum atomic E-state index is -0.339. The van der Waals surface area contributed by atoms with E-state index in [4.69, 9.17) is 0 Å². The van der Waals surface area contributed by atoms with Crippen LogP contribution in [-0.4, -0.2) is 30.0 Å². The molecule has 1 heterocycles. The van der Waals surface area contributed by atoms with Crippen molar-refractivity contribution in [3.8, 4) is 0 Å². The van der Waals surface area contributed by atoms with Crippen LogP contribution in [0.1, 0.15) is 10.4 Å². The predicted octanol–water partition coefficient (Wildman–Crippen LogP) is 1.69. The van der Waals surface area contributed by atoms with Gasteiger partial charge in [0.15, 0.2) is 5.13 Å². The molecular weight excluding hydrogens is 276 g/mol. The molecule has 6 nitrogen and oxygen atoms in total. The summed E-state index contributed by atoms with van der Waals surface area (Å²) in [4.78, 5) is 27.1. The van der Waals surface area contributed by atoms with Crippen molar-refractivity contribution >= 4 is 28.4 Å². The molecule has 1 aromatic carbocycles. The summed E-state index contributed by atoms with van der Waals surface area (Å²) in [5.41, 5.74) is 0.597. The summed E-state index contributed by atoms with van der Waals surface area (Å²) in [7, 11) is 0. The molecule has 7 heteroatoms. The number of hydrogen-bond acceptors (Lipinski definition) is 4. The number of urea groups is 1. The Morgan fingerprint density at radius 2 is 1.85 bits per heavy atom. The fourth-order valence-corrected chi connectivity index (χ4v) is 1.99. The molecule has 0 radical (unpaired) electrons. The molecule has 0 atom stereocenters. The minimum absolute atomic E-state index is 0.160. The fraction of sp³-hybridized carbons (Fsp3) is 0.154. The Morgan fingerprint density at radius 3 is 2.55 bits per heavy atom. The van der Waals surface area contributed by atoms with Gasteiger partial charge in [0.25, 0.3) is 5.91 Å². The number of benzene rings is 1. The highest BCUT2D eigenvalue weighted by molar-refractivity contribution is 7.13. The van der Waals surface area contributed by atoms with Crippen LogP contribution in [0.3, 0.4) is 0 Å². The van der Waals surface area contributed by atoms with Gasteiger partial charge in [-0.3, -0.25) is 10.1 Å². The fourth-order valence-electron chi connectivity index (χ4n) is 1.47. The first-order valence-electron chi connectivity index (χ1n) is 6.03. The molecular formula is C13H14N4O2S. The maximum absolute atomic E-state index is 11.7. The van der Waals surface area contributed by atoms with E-state index in [2.05, 4.69) is 20.9 Å². The molecule has 0 bridgehead atoms. The van der Waals surface area contributed by atoms with Crippen molar-refractivity contribution in [2.45, 2.75) is 0 Å². The Bertz CT molecular complexity index is 557. The quantitative estimate of drug-likeness (QED) is 0.733. The maximum atomic E-state index is 11.7. The van der Waals surface area contributed by atoms with E-state index in [9.17, 15) is 9.59 Å². The van der Waals surface area contributed by atoms with Crippen molar-refractivity contribution in [1.82, 2.24) is 15.6 Å². The summed E-state index contributed by atoms with van der Waals surface area (Å²) < 4.78 is 0. The van der Waals surface area contributed by atoms with Crippen LogP contribution in [0, 0.1) is 0 Å². The van der Waals surface area contributed by atoms with Gasteiger partial charge in [-0.1, -0.05) is 18.2 Å². The highest BCUT2D eigenvalue weighted by Gasteiger charge is 2.05. The van der Waals surface area contributed by atoms with Gasteiger partial charge in [-0.2, -0.15) is 0 Å². The number of aromatic nitrogens is 1. The summed E-state index contributed by atoms with van der Waals surface area (Å²) in [5.74, 6) is -0.160. The number of carbonyl (C=O) groups excluding carboxylic acids is 2. The first-order chi connectivity index (χ1) is 9.75. The van der Waals surface area contributed by atoms with Gasteiger partial charge in [-0.05, 0) is 12.1 Å². The summed E-state index contributed by atoms with van der Waals surface area (Å²) in [6, 6.07) is 8.58. The first kappa shape index (κ1) is 14.0. The van der Waals surface area contributed by atoms with E-state index in [0.29, 0.717) is 23.8 Å². The average Bonchev–Trinajstić information content (AvgIpc) is 2.97. The van der Waals surface area contributed by atoms with Crippen LogP contribution in [-0.2, 0) is 0 Å². The number of carbonyl (C=O) groups is 2. The number of hydrogen-bond donors (Lipinski definition) is 3. The molecule has 0 saturated carbocycles. The molecule has 20 heavy (non-hydrogen) atoms.